The van der Waals surface area contributed by atoms with E-state index in [4.69, 9.17) is 0 Å². The number of amides is 1. The number of fused-ring (bicyclic) bond motifs is 4. The SMILES string of the molecule is O=C(CCN1CCCC1)N1CCC2(N3CCCCC3)CC(c3ccccc3)C1C(c1ccccc1)C2. The Morgan fingerprint density at radius 3 is 1.86 bits per heavy atom. The van der Waals surface area contributed by atoms with E-state index in [9.17, 15) is 4.79 Å². The first kappa shape index (κ1) is 24.2. The van der Waals surface area contributed by atoms with Crippen LogP contribution in [-0.4, -0.2) is 71.5 Å². The van der Waals surface area contributed by atoms with Gasteiger partial charge in [0.1, 0.15) is 0 Å². The molecule has 2 atom stereocenters. The van der Waals surface area contributed by atoms with Gasteiger partial charge in [0, 0.05) is 42.9 Å². The summed E-state index contributed by atoms with van der Waals surface area (Å²) >= 11 is 0. The summed E-state index contributed by atoms with van der Waals surface area (Å²) in [6, 6.07) is 22.6. The van der Waals surface area contributed by atoms with E-state index in [1.54, 1.807) is 0 Å². The summed E-state index contributed by atoms with van der Waals surface area (Å²) in [6.07, 6.45) is 10.7. The summed E-state index contributed by atoms with van der Waals surface area (Å²) in [7, 11) is 0. The Kier molecular flexibility index (Phi) is 7.17. The molecule has 2 aromatic rings. The van der Waals surface area contributed by atoms with E-state index in [1.807, 2.05) is 0 Å². The van der Waals surface area contributed by atoms with Gasteiger partial charge < -0.3 is 9.80 Å². The molecule has 1 aliphatic carbocycles. The summed E-state index contributed by atoms with van der Waals surface area (Å²) in [5.74, 6) is 1.14. The molecule has 192 valence electrons. The Bertz CT molecular complexity index is 947. The molecule has 4 heterocycles. The Morgan fingerprint density at radius 2 is 1.28 bits per heavy atom. The van der Waals surface area contributed by atoms with E-state index in [0.717, 1.165) is 32.6 Å². The summed E-state index contributed by atoms with van der Waals surface area (Å²) in [6.45, 7) is 6.59. The number of hydrogen-bond acceptors (Lipinski definition) is 3. The van der Waals surface area contributed by atoms with Crippen molar-refractivity contribution in [2.75, 3.05) is 39.3 Å². The van der Waals surface area contributed by atoms with Crippen LogP contribution in [0.3, 0.4) is 0 Å². The molecule has 1 saturated carbocycles. The van der Waals surface area contributed by atoms with Crippen LogP contribution in [0.25, 0.3) is 0 Å². The summed E-state index contributed by atoms with van der Waals surface area (Å²) in [4.78, 5) is 21.7. The zero-order valence-electron chi connectivity index (χ0n) is 21.9. The minimum atomic E-state index is 0.182. The average molecular weight is 486 g/mol. The summed E-state index contributed by atoms with van der Waals surface area (Å²) in [5, 5.41) is 0. The lowest BCUT2D eigenvalue weighted by atomic mass is 9.63. The molecule has 0 N–H and O–H groups in total. The van der Waals surface area contributed by atoms with Gasteiger partial charge in [0.15, 0.2) is 0 Å². The van der Waals surface area contributed by atoms with Crippen molar-refractivity contribution in [3.05, 3.63) is 71.8 Å². The quantitative estimate of drug-likeness (QED) is 0.528. The summed E-state index contributed by atoms with van der Waals surface area (Å²) in [5.41, 5.74) is 3.02. The van der Waals surface area contributed by atoms with Crippen molar-refractivity contribution < 1.29 is 4.79 Å². The van der Waals surface area contributed by atoms with Crippen molar-refractivity contribution in [1.29, 1.82) is 0 Å². The smallest absolute Gasteiger partial charge is 0.224 e. The molecule has 1 amide bonds. The van der Waals surface area contributed by atoms with Crippen LogP contribution in [0.4, 0.5) is 0 Å². The van der Waals surface area contributed by atoms with Gasteiger partial charge in [0.2, 0.25) is 5.91 Å². The van der Waals surface area contributed by atoms with Gasteiger partial charge in [-0.2, -0.15) is 0 Å². The largest absolute Gasteiger partial charge is 0.338 e. The molecule has 36 heavy (non-hydrogen) atoms. The number of rotatable bonds is 6. The minimum Gasteiger partial charge on any atom is -0.338 e. The predicted molar refractivity (Wildman–Crippen MR) is 146 cm³/mol. The van der Waals surface area contributed by atoms with Crippen molar-refractivity contribution >= 4 is 5.91 Å². The van der Waals surface area contributed by atoms with Gasteiger partial charge in [-0.1, -0.05) is 67.1 Å². The second kappa shape index (κ2) is 10.7. The Morgan fingerprint density at radius 1 is 0.722 bits per heavy atom. The van der Waals surface area contributed by atoms with Crippen molar-refractivity contribution in [2.45, 2.75) is 81.2 Å². The molecule has 2 unspecified atom stereocenters. The third-order valence-electron chi connectivity index (χ3n) is 9.85. The van der Waals surface area contributed by atoms with Crippen LogP contribution in [0.15, 0.2) is 60.7 Å². The van der Waals surface area contributed by atoms with E-state index < -0.39 is 0 Å². The van der Waals surface area contributed by atoms with Crippen LogP contribution < -0.4 is 0 Å². The van der Waals surface area contributed by atoms with Crippen molar-refractivity contribution in [1.82, 2.24) is 14.7 Å². The lowest BCUT2D eigenvalue weighted by Crippen LogP contribution is -2.56. The van der Waals surface area contributed by atoms with Crippen LogP contribution in [0, 0.1) is 0 Å². The maximum atomic E-state index is 14.0. The van der Waals surface area contributed by atoms with E-state index in [2.05, 4.69) is 75.4 Å². The average Bonchev–Trinajstić information content (AvgIpc) is 3.34. The highest BCUT2D eigenvalue weighted by Crippen LogP contribution is 2.54. The van der Waals surface area contributed by atoms with Crippen molar-refractivity contribution in [2.24, 2.45) is 0 Å². The molecule has 4 aliphatic heterocycles. The van der Waals surface area contributed by atoms with Gasteiger partial charge in [-0.25, -0.2) is 0 Å². The Hall–Kier alpha value is -2.17. The standard InChI is InChI=1S/C32H43N3O/c36-30(16-22-33-18-10-11-19-33)35-23-17-32(34-20-8-3-9-21-34)24-28(26-12-4-1-5-13-26)31(35)29(25-32)27-14-6-2-7-15-27/h1-2,4-7,12-15,28-29,31H,3,8-11,16-25H2. The van der Waals surface area contributed by atoms with Crippen LogP contribution >= 0.6 is 0 Å². The Labute approximate surface area is 217 Å². The minimum absolute atomic E-state index is 0.182. The number of benzene rings is 2. The fourth-order valence-electron chi connectivity index (χ4n) is 8.05. The molecular formula is C32H43N3O. The van der Waals surface area contributed by atoms with Gasteiger partial charge in [-0.05, 0) is 82.3 Å². The molecule has 4 saturated heterocycles. The highest BCUT2D eigenvalue weighted by molar-refractivity contribution is 5.77. The molecule has 4 heteroatoms. The maximum Gasteiger partial charge on any atom is 0.224 e. The number of nitrogens with zero attached hydrogens (tertiary/aromatic N) is 3. The van der Waals surface area contributed by atoms with E-state index in [-0.39, 0.29) is 11.6 Å². The van der Waals surface area contributed by atoms with Crippen molar-refractivity contribution in [3.63, 3.8) is 0 Å². The molecule has 2 bridgehead atoms. The zero-order valence-corrected chi connectivity index (χ0v) is 21.9. The van der Waals surface area contributed by atoms with Crippen molar-refractivity contribution in [3.8, 4) is 0 Å². The van der Waals surface area contributed by atoms with E-state index in [0.29, 0.717) is 24.2 Å². The van der Waals surface area contributed by atoms with Gasteiger partial charge in [0.05, 0.1) is 0 Å². The molecule has 0 radical (unpaired) electrons. The number of likely N-dealkylation sites (tertiary alicyclic amines) is 2. The highest BCUT2D eigenvalue weighted by Gasteiger charge is 2.54. The topological polar surface area (TPSA) is 26.8 Å². The molecule has 0 spiro atoms. The molecule has 5 fully saturated rings. The molecular weight excluding hydrogens is 442 g/mol. The first-order valence-electron chi connectivity index (χ1n) is 14.6. The molecule has 5 aliphatic rings. The van der Waals surface area contributed by atoms with Crippen LogP contribution in [0.2, 0.25) is 0 Å². The lowest BCUT2D eigenvalue weighted by Gasteiger charge is -2.53. The predicted octanol–water partition coefficient (Wildman–Crippen LogP) is 5.66. The van der Waals surface area contributed by atoms with Crippen LogP contribution in [0.5, 0.6) is 0 Å². The molecule has 4 nitrogen and oxygen atoms in total. The number of hydrogen-bond donors (Lipinski definition) is 0. The third-order valence-corrected chi connectivity index (χ3v) is 9.85. The zero-order chi connectivity index (χ0) is 24.4. The second-order valence-electron chi connectivity index (χ2n) is 11.8. The first-order chi connectivity index (χ1) is 17.7. The van der Waals surface area contributed by atoms with E-state index in [1.165, 1.54) is 69.2 Å². The second-order valence-corrected chi connectivity index (χ2v) is 11.8. The van der Waals surface area contributed by atoms with E-state index >= 15 is 0 Å². The molecule has 0 aromatic heterocycles. The molecule has 2 aromatic carbocycles. The first-order valence-corrected chi connectivity index (χ1v) is 14.6. The van der Waals surface area contributed by atoms with Gasteiger partial charge in [-0.15, -0.1) is 0 Å². The maximum absolute atomic E-state index is 14.0. The summed E-state index contributed by atoms with van der Waals surface area (Å²) < 4.78 is 0. The lowest BCUT2D eigenvalue weighted by molar-refractivity contribution is -0.134. The van der Waals surface area contributed by atoms with Gasteiger partial charge in [-0.3, -0.25) is 9.69 Å². The number of carbonyl (C=O) groups is 1. The third kappa shape index (κ3) is 4.75. The number of carbonyl (C=O) groups excluding carboxylic acids is 1. The Balaban J connectivity index is 1.39. The fraction of sp³-hybridized carbons (Fsp3) is 0.594. The van der Waals surface area contributed by atoms with Gasteiger partial charge >= 0.3 is 0 Å². The van der Waals surface area contributed by atoms with Gasteiger partial charge in [0.25, 0.3) is 0 Å². The number of piperidine rings is 1. The highest BCUT2D eigenvalue weighted by atomic mass is 16.2. The van der Waals surface area contributed by atoms with Crippen LogP contribution in [0.1, 0.15) is 80.8 Å². The normalized spacial score (nSPS) is 31.4. The monoisotopic (exact) mass is 485 g/mol. The molecule has 7 rings (SSSR count). The fourth-order valence-corrected chi connectivity index (χ4v) is 8.05. The van der Waals surface area contributed by atoms with Crippen LogP contribution in [-0.2, 0) is 4.79 Å².